The Balaban J connectivity index is 1.33. The molecular weight excluding hydrogens is 488 g/mol. The second-order valence-electron chi connectivity index (χ2n) is 9.98. The van der Waals surface area contributed by atoms with Gasteiger partial charge in [-0.15, -0.1) is 11.8 Å². The van der Waals surface area contributed by atoms with Gasteiger partial charge in [0.05, 0.1) is 32.3 Å². The molecule has 1 N–H and O–H groups in total. The van der Waals surface area contributed by atoms with Crippen molar-refractivity contribution in [3.8, 4) is 5.75 Å². The van der Waals surface area contributed by atoms with E-state index >= 15 is 0 Å². The van der Waals surface area contributed by atoms with Gasteiger partial charge in [0.1, 0.15) is 22.5 Å². The molecule has 1 atom stereocenters. The maximum absolute atomic E-state index is 6.09. The molecule has 0 radical (unpaired) electrons. The molecule has 1 unspecified atom stereocenters. The van der Waals surface area contributed by atoms with Crippen molar-refractivity contribution < 1.29 is 14.2 Å². The van der Waals surface area contributed by atoms with Crippen molar-refractivity contribution in [2.75, 3.05) is 50.2 Å². The molecule has 3 aliphatic rings. The number of rotatable bonds is 7. The van der Waals surface area contributed by atoms with Gasteiger partial charge in [-0.1, -0.05) is 19.3 Å². The average molecular weight is 525 g/mol. The van der Waals surface area contributed by atoms with Crippen molar-refractivity contribution in [2.45, 2.75) is 67.9 Å². The Kier molecular flexibility index (Phi) is 7.66. The number of morpholine rings is 1. The van der Waals surface area contributed by atoms with E-state index < -0.39 is 0 Å². The van der Waals surface area contributed by atoms with Crippen molar-refractivity contribution >= 4 is 40.2 Å². The van der Waals surface area contributed by atoms with Crippen LogP contribution in [0.25, 0.3) is 11.2 Å². The molecular formula is C27H36N6O3S. The predicted molar refractivity (Wildman–Crippen MR) is 146 cm³/mol. The maximum Gasteiger partial charge on any atom is 0.230 e. The second kappa shape index (κ2) is 11.4. The predicted octanol–water partition coefficient (Wildman–Crippen LogP) is 5.54. The zero-order valence-electron chi connectivity index (χ0n) is 21.5. The van der Waals surface area contributed by atoms with Gasteiger partial charge >= 0.3 is 0 Å². The molecule has 1 aliphatic carbocycles. The molecule has 3 fully saturated rings. The highest BCUT2D eigenvalue weighted by atomic mass is 32.2. The standard InChI is InChI=1S/C27H36N6O3S/c1-34-22-17-19(32-12-15-35-16-13-32)10-11-21(22)29-27-30-25-24(26(31-27)37-20-7-3-2-4-8-20)28-18-33(25)23-9-5-6-14-36-23/h10-11,17-18,20,23H,2-9,12-16H2,1H3,(H,29,30,31). The summed E-state index contributed by atoms with van der Waals surface area (Å²) >= 11 is 1.85. The number of nitrogens with zero attached hydrogens (tertiary/aromatic N) is 5. The summed E-state index contributed by atoms with van der Waals surface area (Å²) < 4.78 is 19.5. The van der Waals surface area contributed by atoms with E-state index in [-0.39, 0.29) is 6.23 Å². The summed E-state index contributed by atoms with van der Waals surface area (Å²) in [6, 6.07) is 6.24. The Hall–Kier alpha value is -2.56. The third-order valence-electron chi connectivity index (χ3n) is 7.49. The van der Waals surface area contributed by atoms with Crippen LogP contribution in [0.3, 0.4) is 0 Å². The molecule has 0 amide bonds. The first-order valence-electron chi connectivity index (χ1n) is 13.6. The number of hydrogen-bond donors (Lipinski definition) is 1. The normalized spacial score (nSPS) is 21.3. The van der Waals surface area contributed by atoms with Gasteiger partial charge in [0.25, 0.3) is 0 Å². The highest BCUT2D eigenvalue weighted by molar-refractivity contribution is 8.00. The Morgan fingerprint density at radius 3 is 2.62 bits per heavy atom. The number of ether oxygens (including phenoxy) is 3. The Morgan fingerprint density at radius 1 is 1.00 bits per heavy atom. The Morgan fingerprint density at radius 2 is 1.84 bits per heavy atom. The first-order chi connectivity index (χ1) is 18.3. The average Bonchev–Trinajstić information content (AvgIpc) is 3.39. The van der Waals surface area contributed by atoms with E-state index in [1.165, 1.54) is 32.1 Å². The van der Waals surface area contributed by atoms with E-state index in [9.17, 15) is 0 Å². The van der Waals surface area contributed by atoms with Gasteiger partial charge < -0.3 is 24.4 Å². The van der Waals surface area contributed by atoms with Crippen LogP contribution in [-0.4, -0.2) is 64.8 Å². The third kappa shape index (κ3) is 5.51. The molecule has 2 saturated heterocycles. The van der Waals surface area contributed by atoms with Gasteiger partial charge in [-0.2, -0.15) is 4.98 Å². The molecule has 0 bridgehead atoms. The van der Waals surface area contributed by atoms with Crippen molar-refractivity contribution in [3.05, 3.63) is 24.5 Å². The van der Waals surface area contributed by atoms with Crippen LogP contribution in [0, 0.1) is 0 Å². The van der Waals surface area contributed by atoms with Crippen LogP contribution in [0.1, 0.15) is 57.6 Å². The summed E-state index contributed by atoms with van der Waals surface area (Å²) in [4.78, 5) is 17.0. The zero-order valence-corrected chi connectivity index (χ0v) is 22.3. The van der Waals surface area contributed by atoms with Gasteiger partial charge in [0, 0.05) is 36.7 Å². The van der Waals surface area contributed by atoms with Crippen LogP contribution in [0.2, 0.25) is 0 Å². The molecule has 198 valence electrons. The van der Waals surface area contributed by atoms with Crippen molar-refractivity contribution in [1.82, 2.24) is 19.5 Å². The lowest BCUT2D eigenvalue weighted by molar-refractivity contribution is -0.0298. The summed E-state index contributed by atoms with van der Waals surface area (Å²) in [5.41, 5.74) is 3.66. The fourth-order valence-electron chi connectivity index (χ4n) is 5.45. The lowest BCUT2D eigenvalue weighted by Crippen LogP contribution is -2.36. The number of nitrogens with one attached hydrogen (secondary N) is 1. The van der Waals surface area contributed by atoms with Crippen LogP contribution in [-0.2, 0) is 9.47 Å². The second-order valence-corrected chi connectivity index (χ2v) is 11.3. The van der Waals surface area contributed by atoms with E-state index in [4.69, 9.17) is 29.2 Å². The topological polar surface area (TPSA) is 86.6 Å². The van der Waals surface area contributed by atoms with Gasteiger partial charge in [-0.25, -0.2) is 9.97 Å². The first kappa shape index (κ1) is 24.8. The third-order valence-corrected chi connectivity index (χ3v) is 8.81. The van der Waals surface area contributed by atoms with Crippen LogP contribution in [0.4, 0.5) is 17.3 Å². The maximum atomic E-state index is 6.09. The minimum Gasteiger partial charge on any atom is -0.494 e. The minimum absolute atomic E-state index is 0.0311. The van der Waals surface area contributed by atoms with Gasteiger partial charge in [0.2, 0.25) is 5.95 Å². The zero-order chi connectivity index (χ0) is 25.0. The molecule has 10 heteroatoms. The molecule has 1 aromatic carbocycles. The fraction of sp³-hybridized carbons (Fsp3) is 0.593. The molecule has 9 nitrogen and oxygen atoms in total. The van der Waals surface area contributed by atoms with Crippen LogP contribution < -0.4 is 15.0 Å². The number of hydrogen-bond acceptors (Lipinski definition) is 9. The minimum atomic E-state index is -0.0311. The number of aromatic nitrogens is 4. The molecule has 4 heterocycles. The lowest BCUT2D eigenvalue weighted by Gasteiger charge is -2.29. The molecule has 1 saturated carbocycles. The Labute approximate surface area is 222 Å². The summed E-state index contributed by atoms with van der Waals surface area (Å²) in [5.74, 6) is 1.32. The number of fused-ring (bicyclic) bond motifs is 1. The Bertz CT molecular complexity index is 1200. The monoisotopic (exact) mass is 524 g/mol. The SMILES string of the molecule is COc1cc(N2CCOCC2)ccc1Nc1nc(SC2CCCCC2)c2ncn(C3CCCCO3)c2n1. The lowest BCUT2D eigenvalue weighted by atomic mass is 10.0. The molecule has 2 aromatic heterocycles. The van der Waals surface area contributed by atoms with E-state index in [2.05, 4.69) is 26.9 Å². The van der Waals surface area contributed by atoms with E-state index in [1.54, 1.807) is 7.11 Å². The van der Waals surface area contributed by atoms with E-state index in [1.807, 2.05) is 24.2 Å². The van der Waals surface area contributed by atoms with Crippen LogP contribution in [0.5, 0.6) is 5.75 Å². The van der Waals surface area contributed by atoms with Crippen molar-refractivity contribution in [1.29, 1.82) is 0 Å². The van der Waals surface area contributed by atoms with Crippen LogP contribution >= 0.6 is 11.8 Å². The smallest absolute Gasteiger partial charge is 0.230 e. The fourth-order valence-corrected chi connectivity index (χ4v) is 6.72. The highest BCUT2D eigenvalue weighted by Crippen LogP contribution is 2.38. The molecule has 2 aliphatic heterocycles. The summed E-state index contributed by atoms with van der Waals surface area (Å²) in [6.07, 6.45) is 11.4. The summed E-state index contributed by atoms with van der Waals surface area (Å²) in [7, 11) is 1.70. The van der Waals surface area contributed by atoms with Gasteiger partial charge in [-0.05, 0) is 44.2 Å². The first-order valence-corrected chi connectivity index (χ1v) is 14.5. The van der Waals surface area contributed by atoms with E-state index in [0.29, 0.717) is 11.2 Å². The van der Waals surface area contributed by atoms with E-state index in [0.717, 1.165) is 85.5 Å². The largest absolute Gasteiger partial charge is 0.494 e. The number of imidazole rings is 1. The number of methoxy groups -OCH3 is 1. The number of thioether (sulfide) groups is 1. The van der Waals surface area contributed by atoms with Crippen LogP contribution in [0.15, 0.2) is 29.6 Å². The molecule has 37 heavy (non-hydrogen) atoms. The molecule has 0 spiro atoms. The highest BCUT2D eigenvalue weighted by Gasteiger charge is 2.24. The van der Waals surface area contributed by atoms with Crippen molar-refractivity contribution in [3.63, 3.8) is 0 Å². The summed E-state index contributed by atoms with van der Waals surface area (Å²) in [5, 5.41) is 4.97. The van der Waals surface area contributed by atoms with Gasteiger partial charge in [-0.3, -0.25) is 4.57 Å². The van der Waals surface area contributed by atoms with Crippen molar-refractivity contribution in [2.24, 2.45) is 0 Å². The summed E-state index contributed by atoms with van der Waals surface area (Å²) in [6.45, 7) is 4.03. The number of benzene rings is 1. The van der Waals surface area contributed by atoms with Gasteiger partial charge in [0.15, 0.2) is 5.65 Å². The molecule has 3 aromatic rings. The molecule has 6 rings (SSSR count). The quantitative estimate of drug-likeness (QED) is 0.400. The number of anilines is 3.